The zero-order chi connectivity index (χ0) is 30.0. The number of carbonyl (C=O) groups excluding carboxylic acids is 2. The Bertz CT molecular complexity index is 1420. The molecule has 12 heteroatoms. The fourth-order valence-corrected chi connectivity index (χ4v) is 5.92. The zero-order valence-electron chi connectivity index (χ0n) is 23.0. The average molecular weight is 600 g/mol. The second-order valence-electron chi connectivity index (χ2n) is 9.64. The smallest absolute Gasteiger partial charge is 0.261 e. The minimum atomic E-state index is -3.69. The molecule has 1 aliphatic heterocycles. The van der Waals surface area contributed by atoms with Crippen LogP contribution in [0.3, 0.4) is 0 Å². The molecule has 0 unspecified atom stereocenters. The van der Waals surface area contributed by atoms with Gasteiger partial charge >= 0.3 is 0 Å². The Kier molecular flexibility index (Phi) is 11.0. The molecule has 1 fully saturated rings. The van der Waals surface area contributed by atoms with Crippen molar-refractivity contribution in [3.05, 3.63) is 95.8 Å². The standard InChI is InChI=1S/C30H34FN3O7S/c31-25-8-6-24(7-9-25)21-34(28(30(37)32-14-17-35)20-23-4-2-1-3-5-23)29(36)22-41-26-10-12-27(13-11-26)42(38,39)33-15-18-40-19-16-33/h1-13,28,35H,14-22H2,(H,32,37)/t28-/m1/s1. The molecule has 2 amide bonds. The number of morpholine rings is 1. The van der Waals surface area contributed by atoms with E-state index in [1.165, 1.54) is 57.7 Å². The van der Waals surface area contributed by atoms with Crippen LogP contribution in [0.2, 0.25) is 0 Å². The predicted octanol–water partition coefficient (Wildman–Crippen LogP) is 1.97. The van der Waals surface area contributed by atoms with Gasteiger partial charge in [0.25, 0.3) is 5.91 Å². The highest BCUT2D eigenvalue weighted by Gasteiger charge is 2.31. The first-order valence-electron chi connectivity index (χ1n) is 13.5. The molecule has 4 rings (SSSR count). The molecule has 0 saturated carbocycles. The number of halogens is 1. The summed E-state index contributed by atoms with van der Waals surface area (Å²) in [7, 11) is -3.69. The van der Waals surface area contributed by atoms with Crippen molar-refractivity contribution in [1.82, 2.24) is 14.5 Å². The molecule has 0 bridgehead atoms. The van der Waals surface area contributed by atoms with E-state index in [1.807, 2.05) is 30.3 Å². The number of aliphatic hydroxyl groups excluding tert-OH is 1. The molecule has 0 aliphatic carbocycles. The molecule has 3 aromatic carbocycles. The minimum Gasteiger partial charge on any atom is -0.484 e. The summed E-state index contributed by atoms with van der Waals surface area (Å²) in [6.07, 6.45) is 0.194. The van der Waals surface area contributed by atoms with Gasteiger partial charge in [0.2, 0.25) is 15.9 Å². The van der Waals surface area contributed by atoms with Crippen LogP contribution in [0.4, 0.5) is 4.39 Å². The Labute approximate surface area is 244 Å². The van der Waals surface area contributed by atoms with E-state index < -0.39 is 40.3 Å². The van der Waals surface area contributed by atoms with Crippen molar-refractivity contribution >= 4 is 21.8 Å². The summed E-state index contributed by atoms with van der Waals surface area (Å²) in [5.74, 6) is -1.12. The first-order valence-corrected chi connectivity index (χ1v) is 15.0. The van der Waals surface area contributed by atoms with Gasteiger partial charge in [-0.25, -0.2) is 12.8 Å². The largest absolute Gasteiger partial charge is 0.484 e. The van der Waals surface area contributed by atoms with Crippen molar-refractivity contribution in [2.24, 2.45) is 0 Å². The molecule has 1 heterocycles. The van der Waals surface area contributed by atoms with Crippen LogP contribution < -0.4 is 10.1 Å². The van der Waals surface area contributed by atoms with Crippen LogP contribution in [0, 0.1) is 5.82 Å². The van der Waals surface area contributed by atoms with Crippen molar-refractivity contribution in [3.8, 4) is 5.75 Å². The molecule has 1 saturated heterocycles. The third-order valence-corrected chi connectivity index (χ3v) is 8.66. The number of benzene rings is 3. The summed E-state index contributed by atoms with van der Waals surface area (Å²) in [4.78, 5) is 28.3. The number of aliphatic hydroxyl groups is 1. The van der Waals surface area contributed by atoms with E-state index in [-0.39, 0.29) is 49.9 Å². The van der Waals surface area contributed by atoms with Gasteiger partial charge in [-0.15, -0.1) is 0 Å². The molecule has 0 spiro atoms. The molecule has 224 valence electrons. The Morgan fingerprint density at radius 1 is 0.976 bits per heavy atom. The molecular formula is C30H34FN3O7S. The topological polar surface area (TPSA) is 125 Å². The van der Waals surface area contributed by atoms with Crippen LogP contribution >= 0.6 is 0 Å². The zero-order valence-corrected chi connectivity index (χ0v) is 23.8. The summed E-state index contributed by atoms with van der Waals surface area (Å²) >= 11 is 0. The molecule has 42 heavy (non-hydrogen) atoms. The quantitative estimate of drug-likeness (QED) is 0.308. The van der Waals surface area contributed by atoms with Crippen molar-refractivity contribution in [2.45, 2.75) is 23.9 Å². The second kappa shape index (κ2) is 14.9. The van der Waals surface area contributed by atoms with Gasteiger partial charge in [-0.1, -0.05) is 42.5 Å². The van der Waals surface area contributed by atoms with Crippen LogP contribution in [0.25, 0.3) is 0 Å². The summed E-state index contributed by atoms with van der Waals surface area (Å²) < 4.78 is 51.7. The number of sulfonamides is 1. The average Bonchev–Trinajstić information content (AvgIpc) is 3.02. The van der Waals surface area contributed by atoms with Gasteiger partial charge in [-0.3, -0.25) is 9.59 Å². The number of hydrogen-bond donors (Lipinski definition) is 2. The van der Waals surface area contributed by atoms with Crippen LogP contribution in [-0.4, -0.2) is 86.6 Å². The summed E-state index contributed by atoms with van der Waals surface area (Å²) in [5.41, 5.74) is 1.42. The maximum Gasteiger partial charge on any atom is 0.261 e. The van der Waals surface area contributed by atoms with E-state index in [2.05, 4.69) is 5.32 Å². The summed E-state index contributed by atoms with van der Waals surface area (Å²) in [5, 5.41) is 11.9. The van der Waals surface area contributed by atoms with Crippen LogP contribution in [0.1, 0.15) is 11.1 Å². The lowest BCUT2D eigenvalue weighted by molar-refractivity contribution is -0.142. The van der Waals surface area contributed by atoms with Crippen molar-refractivity contribution in [3.63, 3.8) is 0 Å². The maximum atomic E-state index is 13.6. The molecule has 0 radical (unpaired) electrons. The van der Waals surface area contributed by atoms with Crippen LogP contribution in [-0.2, 0) is 37.3 Å². The highest BCUT2D eigenvalue weighted by molar-refractivity contribution is 7.89. The van der Waals surface area contributed by atoms with Gasteiger partial charge in [-0.05, 0) is 47.5 Å². The number of rotatable bonds is 13. The molecule has 3 aromatic rings. The molecular weight excluding hydrogens is 565 g/mol. The number of ether oxygens (including phenoxy) is 2. The van der Waals surface area contributed by atoms with Crippen LogP contribution in [0.15, 0.2) is 83.8 Å². The Balaban J connectivity index is 1.53. The highest BCUT2D eigenvalue weighted by Crippen LogP contribution is 2.21. The second-order valence-corrected chi connectivity index (χ2v) is 11.6. The summed E-state index contributed by atoms with van der Waals surface area (Å²) in [6.45, 7) is 0.526. The molecule has 2 N–H and O–H groups in total. The number of nitrogens with one attached hydrogen (secondary N) is 1. The van der Waals surface area contributed by atoms with E-state index in [0.29, 0.717) is 18.8 Å². The molecule has 1 aliphatic rings. The molecule has 10 nitrogen and oxygen atoms in total. The van der Waals surface area contributed by atoms with E-state index >= 15 is 0 Å². The molecule has 1 atom stereocenters. The Morgan fingerprint density at radius 2 is 1.64 bits per heavy atom. The maximum absolute atomic E-state index is 13.6. The van der Waals surface area contributed by atoms with E-state index in [4.69, 9.17) is 9.47 Å². The third-order valence-electron chi connectivity index (χ3n) is 6.74. The molecule has 0 aromatic heterocycles. The van der Waals surface area contributed by atoms with Gasteiger partial charge in [-0.2, -0.15) is 4.31 Å². The van der Waals surface area contributed by atoms with Crippen molar-refractivity contribution < 1.29 is 37.0 Å². The lowest BCUT2D eigenvalue weighted by Gasteiger charge is -2.31. The lowest BCUT2D eigenvalue weighted by atomic mass is 10.0. The number of carbonyl (C=O) groups is 2. The Hall–Kier alpha value is -3.84. The predicted molar refractivity (Wildman–Crippen MR) is 152 cm³/mol. The fraction of sp³-hybridized carbons (Fsp3) is 0.333. The Morgan fingerprint density at radius 3 is 2.29 bits per heavy atom. The summed E-state index contributed by atoms with van der Waals surface area (Å²) in [6, 6.07) is 19.6. The normalized spacial score (nSPS) is 14.6. The SMILES string of the molecule is O=C(NCCO)[C@@H](Cc1ccccc1)N(Cc1ccc(F)cc1)C(=O)COc1ccc(S(=O)(=O)N2CCOCC2)cc1. The first-order chi connectivity index (χ1) is 20.3. The first kappa shape index (κ1) is 31.1. The minimum absolute atomic E-state index is 0.00322. The number of amides is 2. The number of hydrogen-bond acceptors (Lipinski definition) is 7. The van der Waals surface area contributed by atoms with Gasteiger partial charge in [0.05, 0.1) is 24.7 Å². The van der Waals surface area contributed by atoms with Gasteiger partial charge in [0.1, 0.15) is 17.6 Å². The van der Waals surface area contributed by atoms with Gasteiger partial charge in [0, 0.05) is 32.6 Å². The monoisotopic (exact) mass is 599 g/mol. The fourth-order valence-electron chi connectivity index (χ4n) is 4.51. The number of nitrogens with zero attached hydrogens (tertiary/aromatic N) is 2. The highest BCUT2D eigenvalue weighted by atomic mass is 32.2. The van der Waals surface area contributed by atoms with E-state index in [0.717, 1.165) is 5.56 Å². The van der Waals surface area contributed by atoms with Crippen molar-refractivity contribution in [2.75, 3.05) is 46.1 Å². The van der Waals surface area contributed by atoms with E-state index in [9.17, 15) is 27.5 Å². The van der Waals surface area contributed by atoms with Crippen LogP contribution in [0.5, 0.6) is 5.75 Å². The van der Waals surface area contributed by atoms with Gasteiger partial charge < -0.3 is 24.8 Å². The third kappa shape index (κ3) is 8.35. The van der Waals surface area contributed by atoms with E-state index in [1.54, 1.807) is 0 Å². The van der Waals surface area contributed by atoms with Crippen molar-refractivity contribution in [1.29, 1.82) is 0 Å². The van der Waals surface area contributed by atoms with Gasteiger partial charge in [0.15, 0.2) is 6.61 Å². The lowest BCUT2D eigenvalue weighted by Crippen LogP contribution is -2.52.